The summed E-state index contributed by atoms with van der Waals surface area (Å²) >= 11 is 1.64. The van der Waals surface area contributed by atoms with E-state index < -0.39 is 0 Å². The Morgan fingerprint density at radius 3 is 2.83 bits per heavy atom. The largest absolute Gasteiger partial charge is 0.454 e. The number of nitrogens with one attached hydrogen (secondary N) is 1. The first-order valence-corrected chi connectivity index (χ1v) is 7.00. The maximum Gasteiger partial charge on any atom is 0.231 e. The SMILES string of the molecule is CSCC(C)C(=O)Nc1cc2c(cc1N)OCO2. The number of nitrogen functional groups attached to an aromatic ring is 1. The van der Waals surface area contributed by atoms with E-state index in [0.29, 0.717) is 22.9 Å². The monoisotopic (exact) mass is 268 g/mol. The summed E-state index contributed by atoms with van der Waals surface area (Å²) in [7, 11) is 0. The molecule has 0 bridgehead atoms. The van der Waals surface area contributed by atoms with Crippen LogP contribution in [-0.4, -0.2) is 24.7 Å². The lowest BCUT2D eigenvalue weighted by molar-refractivity contribution is -0.118. The topological polar surface area (TPSA) is 73.6 Å². The van der Waals surface area contributed by atoms with Crippen molar-refractivity contribution in [2.45, 2.75) is 6.92 Å². The van der Waals surface area contributed by atoms with Gasteiger partial charge >= 0.3 is 0 Å². The molecular formula is C12H16N2O3S. The van der Waals surface area contributed by atoms with Gasteiger partial charge in [0.2, 0.25) is 12.7 Å². The number of hydrogen-bond acceptors (Lipinski definition) is 5. The van der Waals surface area contributed by atoms with E-state index in [4.69, 9.17) is 15.2 Å². The van der Waals surface area contributed by atoms with Crippen LogP contribution in [0.4, 0.5) is 11.4 Å². The highest BCUT2D eigenvalue weighted by atomic mass is 32.2. The highest BCUT2D eigenvalue weighted by Crippen LogP contribution is 2.38. The number of carbonyl (C=O) groups is 1. The summed E-state index contributed by atoms with van der Waals surface area (Å²) in [5, 5.41) is 2.81. The fourth-order valence-electron chi connectivity index (χ4n) is 1.65. The number of hydrogen-bond donors (Lipinski definition) is 2. The summed E-state index contributed by atoms with van der Waals surface area (Å²) in [6.07, 6.45) is 1.97. The molecule has 0 aromatic heterocycles. The van der Waals surface area contributed by atoms with Crippen LogP contribution in [0.1, 0.15) is 6.92 Å². The number of anilines is 2. The van der Waals surface area contributed by atoms with Gasteiger partial charge in [0.1, 0.15) is 0 Å². The quantitative estimate of drug-likeness (QED) is 0.816. The van der Waals surface area contributed by atoms with Gasteiger partial charge in [-0.05, 0) is 6.26 Å². The lowest BCUT2D eigenvalue weighted by Crippen LogP contribution is -2.22. The fraction of sp³-hybridized carbons (Fsp3) is 0.417. The van der Waals surface area contributed by atoms with E-state index >= 15 is 0 Å². The van der Waals surface area contributed by atoms with Crippen LogP contribution in [0.15, 0.2) is 12.1 Å². The van der Waals surface area contributed by atoms with Gasteiger partial charge in [-0.1, -0.05) is 6.92 Å². The first kappa shape index (κ1) is 12.9. The Morgan fingerprint density at radius 2 is 2.17 bits per heavy atom. The van der Waals surface area contributed by atoms with Gasteiger partial charge in [0, 0.05) is 23.8 Å². The Balaban J connectivity index is 2.12. The van der Waals surface area contributed by atoms with Gasteiger partial charge in [0.25, 0.3) is 0 Å². The van der Waals surface area contributed by atoms with Crippen LogP contribution in [0, 0.1) is 5.92 Å². The molecule has 1 heterocycles. The molecule has 5 nitrogen and oxygen atoms in total. The van der Waals surface area contributed by atoms with Crippen LogP contribution in [0.5, 0.6) is 11.5 Å². The van der Waals surface area contributed by atoms with E-state index in [1.54, 1.807) is 23.9 Å². The molecular weight excluding hydrogens is 252 g/mol. The van der Waals surface area contributed by atoms with Crippen molar-refractivity contribution in [2.75, 3.05) is 29.9 Å². The molecule has 0 saturated heterocycles. The summed E-state index contributed by atoms with van der Waals surface area (Å²) in [4.78, 5) is 11.9. The van der Waals surface area contributed by atoms with Crippen LogP contribution >= 0.6 is 11.8 Å². The molecule has 98 valence electrons. The first-order chi connectivity index (χ1) is 8.61. The lowest BCUT2D eigenvalue weighted by Gasteiger charge is -2.13. The molecule has 2 rings (SSSR count). The predicted molar refractivity (Wildman–Crippen MR) is 73.2 cm³/mol. The van der Waals surface area contributed by atoms with Crippen LogP contribution < -0.4 is 20.5 Å². The van der Waals surface area contributed by atoms with Crippen LogP contribution in [0.3, 0.4) is 0 Å². The molecule has 1 unspecified atom stereocenters. The highest BCUT2D eigenvalue weighted by Gasteiger charge is 2.19. The zero-order valence-corrected chi connectivity index (χ0v) is 11.2. The molecule has 1 aromatic rings. The molecule has 1 amide bonds. The van der Waals surface area contributed by atoms with E-state index in [9.17, 15) is 4.79 Å². The number of benzene rings is 1. The van der Waals surface area contributed by atoms with Crippen molar-refractivity contribution >= 4 is 29.0 Å². The molecule has 1 aliphatic rings. The van der Waals surface area contributed by atoms with Crippen molar-refractivity contribution in [2.24, 2.45) is 5.92 Å². The van der Waals surface area contributed by atoms with Gasteiger partial charge in [-0.15, -0.1) is 0 Å². The van der Waals surface area contributed by atoms with Crippen molar-refractivity contribution in [3.63, 3.8) is 0 Å². The minimum Gasteiger partial charge on any atom is -0.454 e. The third kappa shape index (κ3) is 2.64. The molecule has 0 saturated carbocycles. The van der Waals surface area contributed by atoms with Gasteiger partial charge in [0.15, 0.2) is 11.5 Å². The second-order valence-corrected chi connectivity index (χ2v) is 5.05. The number of ether oxygens (including phenoxy) is 2. The zero-order valence-electron chi connectivity index (χ0n) is 10.4. The maximum absolute atomic E-state index is 11.9. The summed E-state index contributed by atoms with van der Waals surface area (Å²) in [5.41, 5.74) is 6.90. The van der Waals surface area contributed by atoms with Gasteiger partial charge in [0.05, 0.1) is 11.4 Å². The Bertz CT molecular complexity index is 465. The average molecular weight is 268 g/mol. The molecule has 1 atom stereocenters. The van der Waals surface area contributed by atoms with E-state index in [1.807, 2.05) is 13.2 Å². The summed E-state index contributed by atoms with van der Waals surface area (Å²) in [6.45, 7) is 2.07. The van der Waals surface area contributed by atoms with Crippen LogP contribution in [0.2, 0.25) is 0 Å². The summed E-state index contributed by atoms with van der Waals surface area (Å²) < 4.78 is 10.5. The number of amides is 1. The molecule has 18 heavy (non-hydrogen) atoms. The van der Waals surface area contributed by atoms with E-state index in [-0.39, 0.29) is 18.6 Å². The molecule has 0 aliphatic carbocycles. The predicted octanol–water partition coefficient (Wildman–Crippen LogP) is 1.94. The van der Waals surface area contributed by atoms with E-state index in [2.05, 4.69) is 5.32 Å². The number of nitrogens with two attached hydrogens (primary N) is 1. The average Bonchev–Trinajstić information content (AvgIpc) is 2.76. The molecule has 6 heteroatoms. The standard InChI is InChI=1S/C12H16N2O3S/c1-7(5-18-2)12(15)14-9-4-11-10(3-8(9)13)16-6-17-11/h3-4,7H,5-6,13H2,1-2H3,(H,14,15). The van der Waals surface area contributed by atoms with Crippen molar-refractivity contribution in [1.82, 2.24) is 0 Å². The summed E-state index contributed by atoms with van der Waals surface area (Å²) in [6, 6.07) is 3.36. The fourth-order valence-corrected chi connectivity index (χ4v) is 2.30. The van der Waals surface area contributed by atoms with Gasteiger partial charge < -0.3 is 20.5 Å². The Kier molecular flexibility index (Phi) is 3.86. The Labute approximate surface area is 110 Å². The third-order valence-corrected chi connectivity index (χ3v) is 3.50. The minimum atomic E-state index is -0.0650. The number of rotatable bonds is 4. The second-order valence-electron chi connectivity index (χ2n) is 4.14. The van der Waals surface area contributed by atoms with Crippen molar-refractivity contribution in [3.8, 4) is 11.5 Å². The van der Waals surface area contributed by atoms with Crippen molar-refractivity contribution in [1.29, 1.82) is 0 Å². The highest BCUT2D eigenvalue weighted by molar-refractivity contribution is 7.98. The first-order valence-electron chi connectivity index (χ1n) is 5.60. The molecule has 1 aliphatic heterocycles. The van der Waals surface area contributed by atoms with Crippen LogP contribution in [0.25, 0.3) is 0 Å². The smallest absolute Gasteiger partial charge is 0.231 e. The molecule has 3 N–H and O–H groups in total. The normalized spacial score (nSPS) is 14.3. The summed E-state index contributed by atoms with van der Waals surface area (Å²) in [5.74, 6) is 1.88. The van der Waals surface area contributed by atoms with Crippen LogP contribution in [-0.2, 0) is 4.79 Å². The third-order valence-electron chi connectivity index (χ3n) is 2.67. The van der Waals surface area contributed by atoms with Gasteiger partial charge in [-0.3, -0.25) is 4.79 Å². The second kappa shape index (κ2) is 5.39. The van der Waals surface area contributed by atoms with Crippen molar-refractivity contribution < 1.29 is 14.3 Å². The molecule has 0 fully saturated rings. The zero-order chi connectivity index (χ0) is 13.1. The Hall–Kier alpha value is -1.56. The molecule has 1 aromatic carbocycles. The van der Waals surface area contributed by atoms with Crippen molar-refractivity contribution in [3.05, 3.63) is 12.1 Å². The van der Waals surface area contributed by atoms with E-state index in [0.717, 1.165) is 5.75 Å². The number of carbonyl (C=O) groups excluding carboxylic acids is 1. The number of fused-ring (bicyclic) bond motifs is 1. The minimum absolute atomic E-state index is 0.0464. The molecule has 0 radical (unpaired) electrons. The Morgan fingerprint density at radius 1 is 1.50 bits per heavy atom. The molecule has 0 spiro atoms. The maximum atomic E-state index is 11.9. The lowest BCUT2D eigenvalue weighted by atomic mass is 10.2. The van der Waals surface area contributed by atoms with Gasteiger partial charge in [-0.25, -0.2) is 0 Å². The van der Waals surface area contributed by atoms with E-state index in [1.165, 1.54) is 0 Å². The van der Waals surface area contributed by atoms with Gasteiger partial charge in [-0.2, -0.15) is 11.8 Å². The number of thioether (sulfide) groups is 1.